The minimum atomic E-state index is -0.843. The molecule has 2 nitrogen and oxygen atoms in total. The van der Waals surface area contributed by atoms with Crippen LogP contribution in [-0.4, -0.2) is 19.3 Å². The van der Waals surface area contributed by atoms with Gasteiger partial charge in [0.15, 0.2) is 0 Å². The smallest absolute Gasteiger partial charge is 0.305 e. The van der Waals surface area contributed by atoms with Crippen molar-refractivity contribution in [2.75, 3.05) is 7.11 Å². The molecule has 0 heterocycles. The van der Waals surface area contributed by atoms with Crippen LogP contribution in [0.25, 0.3) is 0 Å². The Labute approximate surface area is 73.1 Å². The summed E-state index contributed by atoms with van der Waals surface area (Å²) in [5.74, 6) is -0.325. The van der Waals surface area contributed by atoms with Crippen molar-refractivity contribution in [1.29, 1.82) is 0 Å². The molecule has 0 N–H and O–H groups in total. The van der Waals surface area contributed by atoms with E-state index in [1.165, 1.54) is 7.11 Å². The molecule has 72 valence electrons. The number of esters is 1. The third-order valence-electron chi connectivity index (χ3n) is 1.76. The average Bonchev–Trinajstić information content (AvgIpc) is 2.10. The van der Waals surface area contributed by atoms with Gasteiger partial charge in [-0.15, -0.1) is 0 Å². The van der Waals surface area contributed by atoms with Gasteiger partial charge < -0.3 is 4.74 Å². The number of hydrogen-bond acceptors (Lipinski definition) is 2. The molecule has 12 heavy (non-hydrogen) atoms. The Morgan fingerprint density at radius 2 is 2.17 bits per heavy atom. The Morgan fingerprint density at radius 3 is 2.67 bits per heavy atom. The SMILES string of the molecule is CCCCC(F)CCC(=O)OC. The van der Waals surface area contributed by atoms with Gasteiger partial charge in [0, 0.05) is 6.42 Å². The maximum absolute atomic E-state index is 12.9. The molecule has 0 saturated carbocycles. The minimum absolute atomic E-state index is 0.196. The molecule has 0 aromatic rings. The van der Waals surface area contributed by atoms with Gasteiger partial charge in [-0.1, -0.05) is 19.8 Å². The second-order valence-electron chi connectivity index (χ2n) is 2.85. The third kappa shape index (κ3) is 6.13. The maximum Gasteiger partial charge on any atom is 0.305 e. The normalized spacial score (nSPS) is 12.6. The summed E-state index contributed by atoms with van der Waals surface area (Å²) in [5.41, 5.74) is 0. The van der Waals surface area contributed by atoms with Crippen LogP contribution in [0.15, 0.2) is 0 Å². The second kappa shape index (κ2) is 7.07. The molecule has 0 amide bonds. The first kappa shape index (κ1) is 11.4. The highest BCUT2D eigenvalue weighted by atomic mass is 19.1. The molecular formula is C9H17FO2. The topological polar surface area (TPSA) is 26.3 Å². The van der Waals surface area contributed by atoms with Crippen molar-refractivity contribution in [2.24, 2.45) is 0 Å². The first-order valence-corrected chi connectivity index (χ1v) is 4.41. The summed E-state index contributed by atoms with van der Waals surface area (Å²) in [7, 11) is 1.32. The van der Waals surface area contributed by atoms with Gasteiger partial charge in [-0.25, -0.2) is 4.39 Å². The fraction of sp³-hybridized carbons (Fsp3) is 0.889. The number of unbranched alkanes of at least 4 members (excludes halogenated alkanes) is 1. The van der Waals surface area contributed by atoms with Gasteiger partial charge in [-0.05, 0) is 12.8 Å². The van der Waals surface area contributed by atoms with E-state index < -0.39 is 6.17 Å². The first-order chi connectivity index (χ1) is 5.70. The summed E-state index contributed by atoms with van der Waals surface area (Å²) >= 11 is 0. The van der Waals surface area contributed by atoms with Crippen molar-refractivity contribution in [2.45, 2.75) is 45.2 Å². The van der Waals surface area contributed by atoms with E-state index in [0.717, 1.165) is 12.8 Å². The van der Waals surface area contributed by atoms with Crippen LogP contribution in [0.3, 0.4) is 0 Å². The van der Waals surface area contributed by atoms with E-state index in [0.29, 0.717) is 12.8 Å². The standard InChI is InChI=1S/C9H17FO2/c1-3-4-5-8(10)6-7-9(11)12-2/h8H,3-7H2,1-2H3. The summed E-state index contributed by atoms with van der Waals surface area (Å²) in [6.45, 7) is 2.02. The number of alkyl halides is 1. The highest BCUT2D eigenvalue weighted by Gasteiger charge is 2.08. The molecule has 3 heteroatoms. The van der Waals surface area contributed by atoms with Crippen molar-refractivity contribution in [3.63, 3.8) is 0 Å². The van der Waals surface area contributed by atoms with Gasteiger partial charge in [0.25, 0.3) is 0 Å². The first-order valence-electron chi connectivity index (χ1n) is 4.41. The van der Waals surface area contributed by atoms with Gasteiger partial charge in [-0.3, -0.25) is 4.79 Å². The molecule has 0 aromatic carbocycles. The number of ether oxygens (including phenoxy) is 1. The van der Waals surface area contributed by atoms with Crippen molar-refractivity contribution in [1.82, 2.24) is 0 Å². The van der Waals surface area contributed by atoms with Crippen molar-refractivity contribution in [3.05, 3.63) is 0 Å². The molecule has 0 aliphatic carbocycles. The lowest BCUT2D eigenvalue weighted by Gasteiger charge is -2.05. The summed E-state index contributed by atoms with van der Waals surface area (Å²) in [6.07, 6.45) is 2.10. The zero-order chi connectivity index (χ0) is 9.40. The molecule has 0 spiro atoms. The molecule has 0 aromatic heterocycles. The zero-order valence-electron chi connectivity index (χ0n) is 7.81. The number of rotatable bonds is 6. The van der Waals surface area contributed by atoms with Crippen LogP contribution >= 0.6 is 0 Å². The van der Waals surface area contributed by atoms with Crippen LogP contribution in [0, 0.1) is 0 Å². The fourth-order valence-corrected chi connectivity index (χ4v) is 0.946. The van der Waals surface area contributed by atoms with E-state index in [2.05, 4.69) is 4.74 Å². The van der Waals surface area contributed by atoms with Crippen LogP contribution in [-0.2, 0) is 9.53 Å². The maximum atomic E-state index is 12.9. The molecule has 0 aliphatic heterocycles. The summed E-state index contributed by atoms with van der Waals surface area (Å²) in [6, 6.07) is 0. The molecular weight excluding hydrogens is 159 g/mol. The van der Waals surface area contributed by atoms with Gasteiger partial charge >= 0.3 is 5.97 Å². The van der Waals surface area contributed by atoms with E-state index in [1.807, 2.05) is 6.92 Å². The third-order valence-corrected chi connectivity index (χ3v) is 1.76. The lowest BCUT2D eigenvalue weighted by Crippen LogP contribution is -2.06. The molecule has 0 saturated heterocycles. The lowest BCUT2D eigenvalue weighted by atomic mass is 10.1. The van der Waals surface area contributed by atoms with Crippen LogP contribution < -0.4 is 0 Å². The lowest BCUT2D eigenvalue weighted by molar-refractivity contribution is -0.141. The minimum Gasteiger partial charge on any atom is -0.469 e. The highest BCUT2D eigenvalue weighted by molar-refractivity contribution is 5.69. The van der Waals surface area contributed by atoms with Crippen LogP contribution in [0.2, 0.25) is 0 Å². The quantitative estimate of drug-likeness (QED) is 0.581. The fourth-order valence-electron chi connectivity index (χ4n) is 0.946. The van der Waals surface area contributed by atoms with Crippen molar-refractivity contribution in [3.8, 4) is 0 Å². The van der Waals surface area contributed by atoms with Crippen LogP contribution in [0.5, 0.6) is 0 Å². The predicted molar refractivity (Wildman–Crippen MR) is 45.7 cm³/mol. The Hall–Kier alpha value is -0.600. The molecule has 0 aliphatic rings. The summed E-state index contributed by atoms with van der Waals surface area (Å²) < 4.78 is 17.3. The van der Waals surface area contributed by atoms with Gasteiger partial charge in [0.2, 0.25) is 0 Å². The zero-order valence-corrected chi connectivity index (χ0v) is 7.81. The predicted octanol–water partition coefficient (Wildman–Crippen LogP) is 2.47. The monoisotopic (exact) mass is 176 g/mol. The molecule has 1 unspecified atom stereocenters. The van der Waals surface area contributed by atoms with E-state index in [4.69, 9.17) is 0 Å². The van der Waals surface area contributed by atoms with Crippen molar-refractivity contribution < 1.29 is 13.9 Å². The van der Waals surface area contributed by atoms with E-state index in [9.17, 15) is 9.18 Å². The van der Waals surface area contributed by atoms with Gasteiger partial charge in [0.05, 0.1) is 7.11 Å². The summed E-state index contributed by atoms with van der Waals surface area (Å²) in [5, 5.41) is 0. The molecule has 1 atom stereocenters. The number of halogens is 1. The molecule has 0 fully saturated rings. The summed E-state index contributed by atoms with van der Waals surface area (Å²) in [4.78, 5) is 10.6. The highest BCUT2D eigenvalue weighted by Crippen LogP contribution is 2.10. The number of carbonyl (C=O) groups excluding carboxylic acids is 1. The van der Waals surface area contributed by atoms with E-state index in [1.54, 1.807) is 0 Å². The Balaban J connectivity index is 3.30. The largest absolute Gasteiger partial charge is 0.469 e. The Morgan fingerprint density at radius 1 is 1.50 bits per heavy atom. The number of carbonyl (C=O) groups is 1. The van der Waals surface area contributed by atoms with Gasteiger partial charge in [-0.2, -0.15) is 0 Å². The van der Waals surface area contributed by atoms with Crippen molar-refractivity contribution >= 4 is 5.97 Å². The molecule has 0 bridgehead atoms. The molecule has 0 radical (unpaired) electrons. The van der Waals surface area contributed by atoms with E-state index >= 15 is 0 Å². The number of hydrogen-bond donors (Lipinski definition) is 0. The van der Waals surface area contributed by atoms with Crippen LogP contribution in [0.1, 0.15) is 39.0 Å². The molecule has 0 rings (SSSR count). The van der Waals surface area contributed by atoms with E-state index in [-0.39, 0.29) is 12.4 Å². The Kier molecular flexibility index (Phi) is 6.72. The number of methoxy groups -OCH3 is 1. The average molecular weight is 176 g/mol. The Bertz CT molecular complexity index is 126. The van der Waals surface area contributed by atoms with Gasteiger partial charge in [0.1, 0.15) is 6.17 Å². The van der Waals surface area contributed by atoms with Crippen LogP contribution in [0.4, 0.5) is 4.39 Å². The second-order valence-corrected chi connectivity index (χ2v) is 2.85.